The number of ether oxygens (including phenoxy) is 2. The molecule has 0 saturated heterocycles. The van der Waals surface area contributed by atoms with Crippen molar-refractivity contribution >= 4 is 24.2 Å². The number of esters is 2. The van der Waals surface area contributed by atoms with Crippen molar-refractivity contribution in [1.29, 1.82) is 0 Å². The van der Waals surface area contributed by atoms with Crippen molar-refractivity contribution in [2.75, 3.05) is 0 Å². The molecule has 40 heavy (non-hydrogen) atoms. The lowest BCUT2D eigenvalue weighted by atomic mass is 10.1. The van der Waals surface area contributed by atoms with E-state index in [0.29, 0.717) is 12.8 Å². The average molecular weight is 575 g/mol. The van der Waals surface area contributed by atoms with Crippen molar-refractivity contribution < 1.29 is 48.5 Å². The molecule has 0 aliphatic heterocycles. The highest BCUT2D eigenvalue weighted by atomic mass is 17.7. The van der Waals surface area contributed by atoms with Gasteiger partial charge in [-0.1, -0.05) is 142 Å². The lowest BCUT2D eigenvalue weighted by molar-refractivity contribution is -0.600. The minimum absolute atomic E-state index is 0.0665. The zero-order chi connectivity index (χ0) is 29.5. The summed E-state index contributed by atoms with van der Waals surface area (Å²) in [4.78, 5) is 54.0. The Labute approximate surface area is 240 Å². The maximum atomic E-state index is 11.6. The van der Waals surface area contributed by atoms with Crippen LogP contribution in [0.5, 0.6) is 0 Å². The van der Waals surface area contributed by atoms with E-state index >= 15 is 0 Å². The fourth-order valence-corrected chi connectivity index (χ4v) is 4.27. The highest BCUT2D eigenvalue weighted by molar-refractivity contribution is 5.81. The number of hydrogen-bond acceptors (Lipinski definition) is 10. The van der Waals surface area contributed by atoms with Gasteiger partial charge in [0.15, 0.2) is 0 Å². The predicted molar refractivity (Wildman–Crippen MR) is 149 cm³/mol. The predicted octanol–water partition coefficient (Wildman–Crippen LogP) is 9.53. The van der Waals surface area contributed by atoms with Gasteiger partial charge in [-0.15, -0.1) is 0 Å². The molecule has 0 heterocycles. The molecule has 234 valence electrons. The van der Waals surface area contributed by atoms with Gasteiger partial charge in [-0.05, 0) is 12.8 Å². The summed E-state index contributed by atoms with van der Waals surface area (Å²) in [7, 11) is 0. The van der Waals surface area contributed by atoms with Gasteiger partial charge < -0.3 is 9.47 Å². The Bertz CT molecular complexity index is 584. The first-order valence-corrected chi connectivity index (χ1v) is 15.7. The maximum absolute atomic E-state index is 11.6. The van der Waals surface area contributed by atoms with Crippen LogP contribution in [0.4, 0.5) is 9.59 Å². The van der Waals surface area contributed by atoms with Crippen LogP contribution in [0.1, 0.15) is 168 Å². The molecular weight excluding hydrogens is 520 g/mol. The lowest BCUT2D eigenvalue weighted by Crippen LogP contribution is -2.17. The zero-order valence-electron chi connectivity index (χ0n) is 25.1. The van der Waals surface area contributed by atoms with E-state index in [4.69, 9.17) is 0 Å². The third-order valence-electron chi connectivity index (χ3n) is 6.60. The third-order valence-corrected chi connectivity index (χ3v) is 6.60. The van der Waals surface area contributed by atoms with Crippen LogP contribution in [0.2, 0.25) is 0 Å². The fourth-order valence-electron chi connectivity index (χ4n) is 4.27. The Morgan fingerprint density at radius 3 is 0.900 bits per heavy atom. The van der Waals surface area contributed by atoms with Crippen LogP contribution < -0.4 is 0 Å². The van der Waals surface area contributed by atoms with Gasteiger partial charge in [0.05, 0.1) is 0 Å². The quantitative estimate of drug-likeness (QED) is 0.0308. The topological polar surface area (TPSA) is 124 Å². The molecule has 0 atom stereocenters. The molecule has 0 unspecified atom stereocenters. The van der Waals surface area contributed by atoms with Crippen molar-refractivity contribution in [3.63, 3.8) is 0 Å². The first-order valence-electron chi connectivity index (χ1n) is 15.7. The van der Waals surface area contributed by atoms with Crippen molar-refractivity contribution in [3.8, 4) is 0 Å². The summed E-state index contributed by atoms with van der Waals surface area (Å²) >= 11 is 0. The van der Waals surface area contributed by atoms with Gasteiger partial charge in [-0.25, -0.2) is 19.4 Å². The smallest absolute Gasteiger partial charge is 0.359 e. The standard InChI is InChI=1S/C30H54O10/c1-3-5-7-9-11-13-15-17-19-21-23-25-27(31)35-29(33)37-39-40-38-30(34)36-28(32)26-24-22-20-18-16-14-12-10-8-6-4-2/h3-26H2,1-2H3. The number of carbonyl (C=O) groups is 4. The minimum atomic E-state index is -1.47. The molecule has 0 aromatic rings. The second-order valence-electron chi connectivity index (χ2n) is 10.3. The molecule has 0 aromatic heterocycles. The van der Waals surface area contributed by atoms with E-state index in [2.05, 4.69) is 43.2 Å². The van der Waals surface area contributed by atoms with Gasteiger partial charge in [0, 0.05) is 22.9 Å². The Hall–Kier alpha value is -2.20. The van der Waals surface area contributed by atoms with Gasteiger partial charge in [0.1, 0.15) is 0 Å². The summed E-state index contributed by atoms with van der Waals surface area (Å²) in [5.74, 6) is -1.53. The van der Waals surface area contributed by atoms with E-state index in [-0.39, 0.29) is 12.8 Å². The lowest BCUT2D eigenvalue weighted by Gasteiger charge is -2.04. The van der Waals surface area contributed by atoms with Crippen molar-refractivity contribution in [1.82, 2.24) is 0 Å². The molecule has 0 amide bonds. The summed E-state index contributed by atoms with van der Waals surface area (Å²) in [6.45, 7) is 4.42. The van der Waals surface area contributed by atoms with Crippen LogP contribution in [0, 0.1) is 0 Å². The van der Waals surface area contributed by atoms with E-state index in [0.717, 1.165) is 38.5 Å². The van der Waals surface area contributed by atoms with Gasteiger partial charge >= 0.3 is 24.2 Å². The number of unbranched alkanes of at least 4 members (excludes halogenated alkanes) is 20. The van der Waals surface area contributed by atoms with Gasteiger partial charge in [-0.2, -0.15) is 0 Å². The molecule has 0 bridgehead atoms. The summed E-state index contributed by atoms with van der Waals surface area (Å²) < 4.78 is 8.78. The fraction of sp³-hybridized carbons (Fsp3) is 0.867. The van der Waals surface area contributed by atoms with Crippen LogP contribution in [-0.4, -0.2) is 24.2 Å². The van der Waals surface area contributed by atoms with Crippen LogP contribution >= 0.6 is 0 Å². The monoisotopic (exact) mass is 574 g/mol. The van der Waals surface area contributed by atoms with E-state index in [1.54, 1.807) is 0 Å². The van der Waals surface area contributed by atoms with E-state index in [1.807, 2.05) is 0 Å². The Balaban J connectivity index is 3.52. The largest absolute Gasteiger partial charge is 0.550 e. The number of rotatable bonds is 27. The number of carbonyl (C=O) groups excluding carboxylic acids is 4. The normalized spacial score (nSPS) is 10.8. The Morgan fingerprint density at radius 2 is 0.625 bits per heavy atom. The van der Waals surface area contributed by atoms with Crippen LogP contribution in [0.25, 0.3) is 0 Å². The molecular formula is C30H54O10. The summed E-state index contributed by atoms with van der Waals surface area (Å²) in [5.41, 5.74) is 0. The summed E-state index contributed by atoms with van der Waals surface area (Å²) in [6.07, 6.45) is 22.3. The van der Waals surface area contributed by atoms with Gasteiger partial charge in [-0.3, -0.25) is 9.59 Å². The molecule has 10 heteroatoms. The first-order chi connectivity index (χ1) is 19.5. The van der Waals surface area contributed by atoms with Crippen LogP contribution in [-0.2, 0) is 38.9 Å². The highest BCUT2D eigenvalue weighted by Gasteiger charge is 2.16. The molecule has 0 radical (unpaired) electrons. The molecule has 0 aliphatic carbocycles. The van der Waals surface area contributed by atoms with Gasteiger partial charge in [0.25, 0.3) is 0 Å². The summed E-state index contributed by atoms with van der Waals surface area (Å²) in [6, 6.07) is 0. The molecule has 0 fully saturated rings. The molecule has 0 spiro atoms. The average Bonchev–Trinajstić information content (AvgIpc) is 2.92. The molecule has 0 saturated carbocycles. The Morgan fingerprint density at radius 1 is 0.375 bits per heavy atom. The van der Waals surface area contributed by atoms with Crippen molar-refractivity contribution in [2.24, 2.45) is 0 Å². The molecule has 0 aromatic carbocycles. The number of hydrogen-bond donors (Lipinski definition) is 0. The van der Waals surface area contributed by atoms with E-state index < -0.39 is 24.2 Å². The summed E-state index contributed by atoms with van der Waals surface area (Å²) in [5, 5.41) is 7.74. The molecule has 0 aliphatic rings. The highest BCUT2D eigenvalue weighted by Crippen LogP contribution is 2.13. The SMILES string of the molecule is CCCCCCCCCCCCCC(=O)OC(=O)OOOOC(=O)OC(=O)CCCCCCCCCCCCC. The molecule has 0 rings (SSSR count). The van der Waals surface area contributed by atoms with Crippen LogP contribution in [0.3, 0.4) is 0 Å². The van der Waals surface area contributed by atoms with Crippen molar-refractivity contribution in [2.45, 2.75) is 168 Å². The minimum Gasteiger partial charge on any atom is -0.359 e. The zero-order valence-corrected chi connectivity index (χ0v) is 25.1. The first kappa shape index (κ1) is 37.8. The second kappa shape index (κ2) is 29.8. The van der Waals surface area contributed by atoms with Crippen molar-refractivity contribution in [3.05, 3.63) is 0 Å². The third kappa shape index (κ3) is 28.8. The second-order valence-corrected chi connectivity index (χ2v) is 10.3. The molecule has 0 N–H and O–H groups in total. The van der Waals surface area contributed by atoms with Gasteiger partial charge in [0.2, 0.25) is 0 Å². The molecule has 10 nitrogen and oxygen atoms in total. The van der Waals surface area contributed by atoms with E-state index in [1.165, 1.54) is 89.9 Å². The van der Waals surface area contributed by atoms with E-state index in [9.17, 15) is 19.2 Å². The maximum Gasteiger partial charge on any atom is 0.550 e. The van der Waals surface area contributed by atoms with Crippen LogP contribution in [0.15, 0.2) is 0 Å². The Kier molecular flexibility index (Phi) is 28.1.